The predicted molar refractivity (Wildman–Crippen MR) is 127 cm³/mol. The summed E-state index contributed by atoms with van der Waals surface area (Å²) in [7, 11) is 0. The predicted octanol–water partition coefficient (Wildman–Crippen LogP) is 2.35. The average molecular weight is 466 g/mol. The molecule has 0 bridgehead atoms. The van der Waals surface area contributed by atoms with Gasteiger partial charge in [0, 0.05) is 6.54 Å². The van der Waals surface area contributed by atoms with Gasteiger partial charge in [-0.05, 0) is 46.6 Å². The number of likely N-dealkylation sites (tertiary alicyclic amines) is 1. The van der Waals surface area contributed by atoms with Crippen molar-refractivity contribution in [1.82, 2.24) is 10.2 Å². The lowest BCUT2D eigenvalue weighted by Crippen LogP contribution is -2.56. The summed E-state index contributed by atoms with van der Waals surface area (Å²) in [5.74, 6) is -1.41. The van der Waals surface area contributed by atoms with E-state index >= 15 is 0 Å². The van der Waals surface area contributed by atoms with Gasteiger partial charge in [0.2, 0.25) is 11.8 Å². The number of nitrogens with one attached hydrogen (secondary N) is 1. The van der Waals surface area contributed by atoms with Gasteiger partial charge < -0.3 is 25.8 Å². The third-order valence-electron chi connectivity index (χ3n) is 7.00. The second-order valence-corrected chi connectivity index (χ2v) is 9.10. The number of benzene rings is 2. The molecule has 4 rings (SSSR count). The summed E-state index contributed by atoms with van der Waals surface area (Å²) < 4.78 is 5.52. The van der Waals surface area contributed by atoms with Crippen molar-refractivity contribution in [3.8, 4) is 11.1 Å². The van der Waals surface area contributed by atoms with Gasteiger partial charge in [0.05, 0.1) is 6.10 Å². The first-order chi connectivity index (χ1) is 16.3. The van der Waals surface area contributed by atoms with E-state index < -0.39 is 36.1 Å². The number of ether oxygens (including phenoxy) is 1. The first-order valence-electron chi connectivity index (χ1n) is 11.7. The minimum Gasteiger partial charge on any atom is -0.445 e. The number of hydrogen-bond acceptors (Lipinski definition) is 5. The highest BCUT2D eigenvalue weighted by atomic mass is 16.5. The zero-order valence-electron chi connectivity index (χ0n) is 19.5. The van der Waals surface area contributed by atoms with Gasteiger partial charge in [0.15, 0.2) is 0 Å². The first kappa shape index (κ1) is 23.8. The van der Waals surface area contributed by atoms with E-state index in [9.17, 15) is 19.5 Å². The number of carbonyl (C=O) groups is 3. The number of primary amides is 1. The third kappa shape index (κ3) is 4.50. The fourth-order valence-electron chi connectivity index (χ4n) is 4.90. The Morgan fingerprint density at radius 3 is 2.65 bits per heavy atom. The Morgan fingerprint density at radius 2 is 1.91 bits per heavy atom. The molecule has 1 saturated heterocycles. The molecule has 4 atom stereocenters. The molecule has 180 valence electrons. The van der Waals surface area contributed by atoms with Crippen LogP contribution in [0, 0.1) is 5.92 Å². The lowest BCUT2D eigenvalue weighted by atomic mass is 9.97. The minimum absolute atomic E-state index is 0.0801. The molecule has 1 aliphatic carbocycles. The second-order valence-electron chi connectivity index (χ2n) is 9.10. The molecule has 2 aliphatic rings. The van der Waals surface area contributed by atoms with Crippen LogP contribution in [0.2, 0.25) is 0 Å². The van der Waals surface area contributed by atoms with Crippen molar-refractivity contribution in [2.24, 2.45) is 11.7 Å². The van der Waals surface area contributed by atoms with Gasteiger partial charge >= 0.3 is 6.09 Å². The van der Waals surface area contributed by atoms with Gasteiger partial charge in [-0.25, -0.2) is 4.79 Å². The Bertz CT molecular complexity index is 1100. The Labute approximate surface area is 199 Å². The summed E-state index contributed by atoms with van der Waals surface area (Å²) in [4.78, 5) is 39.0. The van der Waals surface area contributed by atoms with Crippen LogP contribution in [0.15, 0.2) is 42.5 Å². The van der Waals surface area contributed by atoms with Gasteiger partial charge in [-0.1, -0.05) is 62.7 Å². The zero-order chi connectivity index (χ0) is 24.4. The van der Waals surface area contributed by atoms with Gasteiger partial charge in [0.1, 0.15) is 18.7 Å². The van der Waals surface area contributed by atoms with Crippen LogP contribution in [0.1, 0.15) is 43.4 Å². The summed E-state index contributed by atoms with van der Waals surface area (Å²) in [5.41, 5.74) is 11.1. The van der Waals surface area contributed by atoms with Gasteiger partial charge in [-0.15, -0.1) is 0 Å². The van der Waals surface area contributed by atoms with Crippen LogP contribution < -0.4 is 11.1 Å². The Balaban J connectivity index is 1.44. The van der Waals surface area contributed by atoms with Crippen molar-refractivity contribution in [3.05, 3.63) is 59.2 Å². The molecule has 2 aromatic rings. The highest BCUT2D eigenvalue weighted by Crippen LogP contribution is 2.38. The van der Waals surface area contributed by atoms with E-state index in [1.165, 1.54) is 16.0 Å². The molecule has 0 aromatic heterocycles. The lowest BCUT2D eigenvalue weighted by molar-refractivity contribution is -0.141. The number of amides is 3. The largest absolute Gasteiger partial charge is 0.445 e. The monoisotopic (exact) mass is 465 g/mol. The molecule has 34 heavy (non-hydrogen) atoms. The maximum Gasteiger partial charge on any atom is 0.408 e. The standard InChI is InChI=1S/C26H31N3O5/c1-3-15(2)22(25(32)29-12-11-21(30)23(29)24(27)31)28-26(33)34-14-17-8-6-10-19-18-9-5-4-7-16(18)13-20(17)19/h4-10,15,21-23,30H,3,11-14H2,1-2H3,(H2,27,31)(H,28,33)/t15-,21-,22-,23-/m0/s1. The molecule has 0 saturated carbocycles. The Hall–Kier alpha value is -3.39. The SMILES string of the molecule is CC[C@H](C)[C@H](NC(=O)OCc1cccc2c1Cc1ccccc1-2)C(=O)N1CC[C@H](O)[C@H]1C(N)=O. The van der Waals surface area contributed by atoms with Crippen LogP contribution >= 0.6 is 0 Å². The molecule has 0 unspecified atom stereocenters. The molecule has 1 heterocycles. The molecule has 8 nitrogen and oxygen atoms in total. The van der Waals surface area contributed by atoms with Crippen molar-refractivity contribution in [1.29, 1.82) is 0 Å². The van der Waals surface area contributed by atoms with Crippen LogP contribution in [-0.2, 0) is 27.4 Å². The number of nitrogens with two attached hydrogens (primary N) is 1. The van der Waals surface area contributed by atoms with Crippen molar-refractivity contribution in [3.63, 3.8) is 0 Å². The van der Waals surface area contributed by atoms with Crippen LogP contribution in [0.25, 0.3) is 11.1 Å². The van der Waals surface area contributed by atoms with Crippen molar-refractivity contribution in [2.75, 3.05) is 6.54 Å². The Morgan fingerprint density at radius 1 is 1.18 bits per heavy atom. The van der Waals surface area contributed by atoms with Crippen molar-refractivity contribution in [2.45, 2.75) is 57.9 Å². The molecule has 1 fully saturated rings. The number of hydrogen-bond donors (Lipinski definition) is 3. The van der Waals surface area contributed by atoms with Crippen LogP contribution in [0.4, 0.5) is 4.79 Å². The number of aliphatic hydroxyl groups is 1. The van der Waals surface area contributed by atoms with Crippen molar-refractivity contribution >= 4 is 17.9 Å². The van der Waals surface area contributed by atoms with E-state index in [1.54, 1.807) is 0 Å². The van der Waals surface area contributed by atoms with E-state index in [-0.39, 0.29) is 25.5 Å². The molecule has 8 heteroatoms. The van der Waals surface area contributed by atoms with Gasteiger partial charge in [-0.3, -0.25) is 9.59 Å². The van der Waals surface area contributed by atoms with Crippen molar-refractivity contribution < 1.29 is 24.2 Å². The Kier molecular flexibility index (Phi) is 6.88. The van der Waals surface area contributed by atoms with Crippen LogP contribution in [-0.4, -0.2) is 52.6 Å². The number of fused-ring (bicyclic) bond motifs is 3. The van der Waals surface area contributed by atoms with E-state index in [0.717, 1.165) is 23.1 Å². The van der Waals surface area contributed by atoms with E-state index in [0.29, 0.717) is 6.42 Å². The molecule has 4 N–H and O–H groups in total. The summed E-state index contributed by atoms with van der Waals surface area (Å²) in [6.07, 6.45) is -0.0404. The minimum atomic E-state index is -1.09. The molecule has 0 radical (unpaired) electrons. The quantitative estimate of drug-likeness (QED) is 0.494. The van der Waals surface area contributed by atoms with Gasteiger partial charge in [-0.2, -0.15) is 0 Å². The molecule has 0 spiro atoms. The van der Waals surface area contributed by atoms with Crippen LogP contribution in [0.5, 0.6) is 0 Å². The summed E-state index contributed by atoms with van der Waals surface area (Å²) >= 11 is 0. The molecule has 2 aromatic carbocycles. The summed E-state index contributed by atoms with van der Waals surface area (Å²) in [6, 6.07) is 12.2. The van der Waals surface area contributed by atoms with E-state index in [4.69, 9.17) is 10.5 Å². The lowest BCUT2D eigenvalue weighted by Gasteiger charge is -2.30. The second kappa shape index (κ2) is 9.85. The summed E-state index contributed by atoms with van der Waals surface area (Å²) in [6.45, 7) is 4.04. The fraction of sp³-hybridized carbons (Fsp3) is 0.423. The maximum absolute atomic E-state index is 13.2. The highest BCUT2D eigenvalue weighted by Gasteiger charge is 2.43. The number of nitrogens with zero attached hydrogens (tertiary/aromatic N) is 1. The average Bonchev–Trinajstić information content (AvgIpc) is 3.41. The third-order valence-corrected chi connectivity index (χ3v) is 7.00. The maximum atomic E-state index is 13.2. The van der Waals surface area contributed by atoms with Gasteiger partial charge in [0.25, 0.3) is 0 Å². The fourth-order valence-corrected chi connectivity index (χ4v) is 4.90. The molecule has 1 aliphatic heterocycles. The number of carbonyl (C=O) groups excluding carboxylic acids is 3. The topological polar surface area (TPSA) is 122 Å². The molecular weight excluding hydrogens is 434 g/mol. The zero-order valence-corrected chi connectivity index (χ0v) is 19.5. The van der Waals surface area contributed by atoms with E-state index in [1.807, 2.05) is 38.1 Å². The number of rotatable bonds is 7. The first-order valence-corrected chi connectivity index (χ1v) is 11.7. The number of alkyl carbamates (subject to hydrolysis) is 1. The highest BCUT2D eigenvalue weighted by molar-refractivity contribution is 5.92. The molecule has 3 amide bonds. The smallest absolute Gasteiger partial charge is 0.408 e. The van der Waals surface area contributed by atoms with E-state index in [2.05, 4.69) is 23.5 Å². The molecular formula is C26H31N3O5. The normalized spacial score (nSPS) is 20.3. The van der Waals surface area contributed by atoms with Crippen LogP contribution in [0.3, 0.4) is 0 Å². The summed E-state index contributed by atoms with van der Waals surface area (Å²) in [5, 5.41) is 12.8. The number of aliphatic hydroxyl groups excluding tert-OH is 1.